The number of sulfonamides is 1. The second kappa shape index (κ2) is 5.63. The van der Waals surface area contributed by atoms with Crippen LogP contribution in [0.1, 0.15) is 6.42 Å². The number of hydrogen-bond donors (Lipinski definition) is 2. The summed E-state index contributed by atoms with van der Waals surface area (Å²) in [5.41, 5.74) is 1.09. The second-order valence-electron chi connectivity index (χ2n) is 4.95. The molecule has 8 heteroatoms. The van der Waals surface area contributed by atoms with E-state index in [1.807, 2.05) is 30.3 Å². The Morgan fingerprint density at radius 3 is 2.76 bits per heavy atom. The Balaban J connectivity index is 1.66. The van der Waals surface area contributed by atoms with Crippen LogP contribution in [0.4, 0.5) is 10.8 Å². The standard InChI is InChI=1S/C13H16N4O2S2/c14-21(18,19)12-8-15-13(20-12)17-7-6-11(9-17)16-10-4-2-1-3-5-10/h1-5,8,11,16H,6-7,9H2,(H2,14,18,19)/t11-/m0/s1. The molecular formula is C13H16N4O2S2. The first-order chi connectivity index (χ1) is 10.0. The van der Waals surface area contributed by atoms with E-state index in [0.29, 0.717) is 11.2 Å². The number of nitrogens with zero attached hydrogens (tertiary/aromatic N) is 2. The summed E-state index contributed by atoms with van der Waals surface area (Å²) in [6.07, 6.45) is 2.31. The van der Waals surface area contributed by atoms with Gasteiger partial charge in [-0.3, -0.25) is 0 Å². The first-order valence-corrected chi connectivity index (χ1v) is 8.94. The van der Waals surface area contributed by atoms with Crippen LogP contribution in [0.15, 0.2) is 40.7 Å². The van der Waals surface area contributed by atoms with Crippen molar-refractivity contribution in [3.05, 3.63) is 36.5 Å². The molecule has 3 rings (SSSR count). The molecule has 2 aromatic rings. The lowest BCUT2D eigenvalue weighted by molar-refractivity contribution is 0.599. The van der Waals surface area contributed by atoms with Gasteiger partial charge in [-0.15, -0.1) is 0 Å². The summed E-state index contributed by atoms with van der Waals surface area (Å²) in [5, 5.41) is 9.28. The van der Waals surface area contributed by atoms with E-state index in [0.717, 1.165) is 36.5 Å². The molecule has 2 heterocycles. The normalized spacial score (nSPS) is 18.9. The summed E-state index contributed by atoms with van der Waals surface area (Å²) in [4.78, 5) is 6.25. The van der Waals surface area contributed by atoms with E-state index in [9.17, 15) is 8.42 Å². The predicted molar refractivity (Wildman–Crippen MR) is 84.2 cm³/mol. The summed E-state index contributed by atoms with van der Waals surface area (Å²) >= 11 is 1.12. The van der Waals surface area contributed by atoms with Crippen LogP contribution in [-0.2, 0) is 10.0 Å². The molecule has 21 heavy (non-hydrogen) atoms. The van der Waals surface area contributed by atoms with Crippen LogP contribution in [0, 0.1) is 0 Å². The highest BCUT2D eigenvalue weighted by Gasteiger charge is 2.25. The number of anilines is 2. The van der Waals surface area contributed by atoms with Gasteiger partial charge in [0, 0.05) is 24.8 Å². The summed E-state index contributed by atoms with van der Waals surface area (Å²) in [7, 11) is -3.66. The Hall–Kier alpha value is -1.64. The number of nitrogens with one attached hydrogen (secondary N) is 1. The number of rotatable bonds is 4. The first kappa shape index (κ1) is 14.3. The van der Waals surface area contributed by atoms with Gasteiger partial charge < -0.3 is 10.2 Å². The molecule has 1 aliphatic rings. The smallest absolute Gasteiger partial charge is 0.249 e. The Morgan fingerprint density at radius 1 is 1.33 bits per heavy atom. The third-order valence-corrected chi connectivity index (χ3v) is 5.82. The predicted octanol–water partition coefficient (Wildman–Crippen LogP) is 1.48. The largest absolute Gasteiger partial charge is 0.380 e. The van der Waals surface area contributed by atoms with Crippen molar-refractivity contribution >= 4 is 32.2 Å². The summed E-state index contributed by atoms with van der Waals surface area (Å²) in [6, 6.07) is 10.4. The number of benzene rings is 1. The molecular weight excluding hydrogens is 308 g/mol. The van der Waals surface area contributed by atoms with Gasteiger partial charge in [0.2, 0.25) is 10.0 Å². The lowest BCUT2D eigenvalue weighted by Crippen LogP contribution is -2.25. The molecule has 1 fully saturated rings. The molecule has 0 bridgehead atoms. The fourth-order valence-corrected chi connectivity index (χ4v) is 3.92. The fraction of sp³-hybridized carbons (Fsp3) is 0.308. The Kier molecular flexibility index (Phi) is 3.83. The number of para-hydroxylation sites is 1. The minimum absolute atomic E-state index is 0.108. The van der Waals surface area contributed by atoms with Crippen molar-refractivity contribution in [2.75, 3.05) is 23.3 Å². The van der Waals surface area contributed by atoms with Gasteiger partial charge in [-0.05, 0) is 18.6 Å². The molecule has 1 aromatic carbocycles. The zero-order valence-electron chi connectivity index (χ0n) is 11.3. The minimum atomic E-state index is -3.66. The second-order valence-corrected chi connectivity index (χ2v) is 7.75. The highest BCUT2D eigenvalue weighted by molar-refractivity contribution is 7.91. The van der Waals surface area contributed by atoms with Crippen molar-refractivity contribution in [3.8, 4) is 0 Å². The first-order valence-electron chi connectivity index (χ1n) is 6.57. The third kappa shape index (κ3) is 3.34. The van der Waals surface area contributed by atoms with Gasteiger partial charge in [-0.1, -0.05) is 29.5 Å². The number of nitrogens with two attached hydrogens (primary N) is 1. The summed E-state index contributed by atoms with van der Waals surface area (Å²) in [6.45, 7) is 1.65. The van der Waals surface area contributed by atoms with Crippen molar-refractivity contribution in [2.45, 2.75) is 16.7 Å². The van der Waals surface area contributed by atoms with E-state index < -0.39 is 10.0 Å². The number of primary sulfonamides is 1. The fourth-order valence-electron chi connectivity index (χ4n) is 2.35. The average molecular weight is 324 g/mol. The van der Waals surface area contributed by atoms with Gasteiger partial charge in [0.05, 0.1) is 6.20 Å². The Labute approximate surface area is 127 Å². The van der Waals surface area contributed by atoms with Crippen LogP contribution < -0.4 is 15.4 Å². The van der Waals surface area contributed by atoms with Crippen LogP contribution in [0.2, 0.25) is 0 Å². The van der Waals surface area contributed by atoms with E-state index in [1.54, 1.807) is 0 Å². The maximum Gasteiger partial charge on any atom is 0.249 e. The zero-order chi connectivity index (χ0) is 14.9. The molecule has 1 aromatic heterocycles. The Morgan fingerprint density at radius 2 is 2.10 bits per heavy atom. The van der Waals surface area contributed by atoms with E-state index in [4.69, 9.17) is 5.14 Å². The van der Waals surface area contributed by atoms with Crippen LogP contribution in [0.3, 0.4) is 0 Å². The Bertz CT molecular complexity index is 715. The van der Waals surface area contributed by atoms with Crippen molar-refractivity contribution in [1.29, 1.82) is 0 Å². The average Bonchev–Trinajstić information content (AvgIpc) is 3.07. The molecule has 0 unspecified atom stereocenters. The highest BCUT2D eigenvalue weighted by Crippen LogP contribution is 2.28. The maximum absolute atomic E-state index is 11.3. The van der Waals surface area contributed by atoms with Gasteiger partial charge in [0.25, 0.3) is 0 Å². The van der Waals surface area contributed by atoms with Gasteiger partial charge in [0.1, 0.15) is 0 Å². The van der Waals surface area contributed by atoms with Crippen LogP contribution in [-0.4, -0.2) is 32.5 Å². The molecule has 1 aliphatic heterocycles. The van der Waals surface area contributed by atoms with Crippen LogP contribution in [0.5, 0.6) is 0 Å². The van der Waals surface area contributed by atoms with Gasteiger partial charge >= 0.3 is 0 Å². The third-order valence-electron chi connectivity index (χ3n) is 3.36. The number of aromatic nitrogens is 1. The lowest BCUT2D eigenvalue weighted by Gasteiger charge is -2.16. The van der Waals surface area contributed by atoms with Crippen LogP contribution >= 0.6 is 11.3 Å². The molecule has 0 spiro atoms. The number of hydrogen-bond acceptors (Lipinski definition) is 6. The molecule has 1 atom stereocenters. The summed E-state index contributed by atoms with van der Waals surface area (Å²) < 4.78 is 22.7. The van der Waals surface area contributed by atoms with Crippen molar-refractivity contribution < 1.29 is 8.42 Å². The van der Waals surface area contributed by atoms with Crippen molar-refractivity contribution in [1.82, 2.24) is 4.98 Å². The molecule has 0 radical (unpaired) electrons. The monoisotopic (exact) mass is 324 g/mol. The molecule has 1 saturated heterocycles. The molecule has 0 saturated carbocycles. The van der Waals surface area contributed by atoms with Crippen LogP contribution in [0.25, 0.3) is 0 Å². The van der Waals surface area contributed by atoms with Gasteiger partial charge in [0.15, 0.2) is 9.34 Å². The highest BCUT2D eigenvalue weighted by atomic mass is 32.2. The van der Waals surface area contributed by atoms with Gasteiger partial charge in [-0.25, -0.2) is 18.5 Å². The molecule has 6 nitrogen and oxygen atoms in total. The lowest BCUT2D eigenvalue weighted by atomic mass is 10.2. The topological polar surface area (TPSA) is 88.3 Å². The minimum Gasteiger partial charge on any atom is -0.380 e. The summed E-state index contributed by atoms with van der Waals surface area (Å²) in [5.74, 6) is 0. The molecule has 3 N–H and O–H groups in total. The molecule has 112 valence electrons. The van der Waals surface area contributed by atoms with Crippen molar-refractivity contribution in [2.24, 2.45) is 5.14 Å². The van der Waals surface area contributed by atoms with E-state index in [1.165, 1.54) is 6.20 Å². The van der Waals surface area contributed by atoms with E-state index in [-0.39, 0.29) is 4.21 Å². The van der Waals surface area contributed by atoms with E-state index in [2.05, 4.69) is 15.2 Å². The quantitative estimate of drug-likeness (QED) is 0.889. The molecule has 0 amide bonds. The zero-order valence-corrected chi connectivity index (χ0v) is 12.9. The number of thiazole rings is 1. The maximum atomic E-state index is 11.3. The molecule has 0 aliphatic carbocycles. The van der Waals surface area contributed by atoms with Gasteiger partial charge in [-0.2, -0.15) is 0 Å². The van der Waals surface area contributed by atoms with E-state index >= 15 is 0 Å². The van der Waals surface area contributed by atoms with Crippen molar-refractivity contribution in [3.63, 3.8) is 0 Å². The SMILES string of the molecule is NS(=O)(=O)c1cnc(N2CC[C@H](Nc3ccccc3)C2)s1.